The van der Waals surface area contributed by atoms with E-state index in [1.165, 1.54) is 0 Å². The predicted octanol–water partition coefficient (Wildman–Crippen LogP) is 2.33. The second kappa shape index (κ2) is 3.65. The Balaban J connectivity index is 2.72. The molecule has 1 aliphatic rings. The summed E-state index contributed by atoms with van der Waals surface area (Å²) in [6.07, 6.45) is 2.03. The Morgan fingerprint density at radius 3 is 2.00 bits per heavy atom. The Labute approximate surface area is 87.7 Å². The summed E-state index contributed by atoms with van der Waals surface area (Å²) in [5.41, 5.74) is -0.268. The second-order valence-corrected chi connectivity index (χ2v) is 5.94. The summed E-state index contributed by atoms with van der Waals surface area (Å²) in [5.74, 6) is 0.429. The standard InChI is InChI=1S/C12H23NO/c1-11(2,3)10(14)12(4)6-8-13(5)9-7-12/h6-9H2,1-5H3. The van der Waals surface area contributed by atoms with E-state index < -0.39 is 0 Å². The zero-order valence-electron chi connectivity index (χ0n) is 10.2. The molecule has 1 heterocycles. The van der Waals surface area contributed by atoms with Crippen molar-refractivity contribution in [3.05, 3.63) is 0 Å². The highest BCUT2D eigenvalue weighted by molar-refractivity contribution is 5.89. The fraction of sp³-hybridized carbons (Fsp3) is 0.917. The number of rotatable bonds is 1. The molecule has 0 unspecified atom stereocenters. The summed E-state index contributed by atoms with van der Waals surface area (Å²) >= 11 is 0. The van der Waals surface area contributed by atoms with Crippen molar-refractivity contribution in [3.63, 3.8) is 0 Å². The van der Waals surface area contributed by atoms with Crippen LogP contribution in [-0.4, -0.2) is 30.8 Å². The molecule has 1 rings (SSSR count). The van der Waals surface area contributed by atoms with Gasteiger partial charge in [0.2, 0.25) is 0 Å². The Hall–Kier alpha value is -0.370. The predicted molar refractivity (Wildman–Crippen MR) is 59.3 cm³/mol. The fourth-order valence-electron chi connectivity index (χ4n) is 2.24. The summed E-state index contributed by atoms with van der Waals surface area (Å²) < 4.78 is 0. The molecule has 1 saturated heterocycles. The van der Waals surface area contributed by atoms with Crippen LogP contribution in [0.25, 0.3) is 0 Å². The maximum atomic E-state index is 12.2. The first-order valence-corrected chi connectivity index (χ1v) is 5.49. The van der Waals surface area contributed by atoms with Crippen LogP contribution in [0.15, 0.2) is 0 Å². The molecule has 0 aromatic carbocycles. The number of ketones is 1. The topological polar surface area (TPSA) is 20.3 Å². The van der Waals surface area contributed by atoms with Crippen LogP contribution >= 0.6 is 0 Å². The molecular weight excluding hydrogens is 174 g/mol. The summed E-state index contributed by atoms with van der Waals surface area (Å²) in [4.78, 5) is 14.5. The maximum Gasteiger partial charge on any atom is 0.144 e. The van der Waals surface area contributed by atoms with Gasteiger partial charge in [0.25, 0.3) is 0 Å². The summed E-state index contributed by atoms with van der Waals surface area (Å²) in [6, 6.07) is 0. The Morgan fingerprint density at radius 2 is 1.64 bits per heavy atom. The number of carbonyl (C=O) groups excluding carboxylic acids is 1. The van der Waals surface area contributed by atoms with Crippen molar-refractivity contribution in [3.8, 4) is 0 Å². The molecule has 0 aromatic heterocycles. The molecule has 2 nitrogen and oxygen atoms in total. The molecule has 2 heteroatoms. The third-order valence-electron chi connectivity index (χ3n) is 3.32. The normalized spacial score (nSPS) is 23.5. The van der Waals surface area contributed by atoms with Crippen LogP contribution in [0, 0.1) is 10.8 Å². The Bertz CT molecular complexity index is 219. The van der Waals surface area contributed by atoms with Gasteiger partial charge in [0.1, 0.15) is 5.78 Å². The third kappa shape index (κ3) is 2.35. The highest BCUT2D eigenvalue weighted by Gasteiger charge is 2.41. The van der Waals surface area contributed by atoms with Crippen molar-refractivity contribution in [2.45, 2.75) is 40.5 Å². The van der Waals surface area contributed by atoms with E-state index in [0.29, 0.717) is 5.78 Å². The van der Waals surface area contributed by atoms with E-state index in [0.717, 1.165) is 25.9 Å². The number of hydrogen-bond donors (Lipinski definition) is 0. The molecule has 0 N–H and O–H groups in total. The highest BCUT2D eigenvalue weighted by Crippen LogP contribution is 2.37. The van der Waals surface area contributed by atoms with Gasteiger partial charge in [-0.2, -0.15) is 0 Å². The molecular formula is C12H23NO. The van der Waals surface area contributed by atoms with E-state index in [1.807, 2.05) is 20.8 Å². The van der Waals surface area contributed by atoms with Crippen molar-refractivity contribution in [2.24, 2.45) is 10.8 Å². The quantitative estimate of drug-likeness (QED) is 0.643. The Morgan fingerprint density at radius 1 is 1.21 bits per heavy atom. The molecule has 82 valence electrons. The van der Waals surface area contributed by atoms with Gasteiger partial charge in [-0.05, 0) is 33.0 Å². The lowest BCUT2D eigenvalue weighted by Crippen LogP contribution is -2.45. The molecule has 0 atom stereocenters. The van der Waals surface area contributed by atoms with E-state index in [-0.39, 0.29) is 10.8 Å². The fourth-order valence-corrected chi connectivity index (χ4v) is 2.24. The molecule has 0 bridgehead atoms. The van der Waals surface area contributed by atoms with E-state index in [1.54, 1.807) is 0 Å². The van der Waals surface area contributed by atoms with Crippen molar-refractivity contribution in [1.29, 1.82) is 0 Å². The first-order chi connectivity index (χ1) is 6.26. The minimum absolute atomic E-state index is 0.0786. The minimum Gasteiger partial charge on any atom is -0.306 e. The van der Waals surface area contributed by atoms with Crippen molar-refractivity contribution in [2.75, 3.05) is 20.1 Å². The SMILES string of the molecule is CN1CCC(C)(C(=O)C(C)(C)C)CC1. The van der Waals surface area contributed by atoms with Crippen LogP contribution in [0.1, 0.15) is 40.5 Å². The molecule has 0 amide bonds. The maximum absolute atomic E-state index is 12.2. The number of Topliss-reactive ketones (excluding diaryl/α,β-unsaturated/α-hetero) is 1. The molecule has 0 saturated carbocycles. The van der Waals surface area contributed by atoms with Gasteiger partial charge in [0.05, 0.1) is 0 Å². The van der Waals surface area contributed by atoms with E-state index in [2.05, 4.69) is 18.9 Å². The van der Waals surface area contributed by atoms with Gasteiger partial charge in [0, 0.05) is 10.8 Å². The largest absolute Gasteiger partial charge is 0.306 e. The molecule has 1 aliphatic heterocycles. The molecule has 14 heavy (non-hydrogen) atoms. The number of nitrogens with zero attached hydrogens (tertiary/aromatic N) is 1. The summed E-state index contributed by atoms with van der Waals surface area (Å²) in [6.45, 7) is 10.3. The lowest BCUT2D eigenvalue weighted by Gasteiger charge is -2.40. The zero-order chi connectivity index (χ0) is 11.0. The first kappa shape index (κ1) is 11.7. The van der Waals surface area contributed by atoms with E-state index in [9.17, 15) is 4.79 Å². The number of carbonyl (C=O) groups is 1. The average molecular weight is 197 g/mol. The van der Waals surface area contributed by atoms with Crippen LogP contribution in [0.3, 0.4) is 0 Å². The van der Waals surface area contributed by atoms with Crippen LogP contribution in [0.2, 0.25) is 0 Å². The van der Waals surface area contributed by atoms with Gasteiger partial charge in [-0.15, -0.1) is 0 Å². The van der Waals surface area contributed by atoms with Gasteiger partial charge in [-0.3, -0.25) is 4.79 Å². The lowest BCUT2D eigenvalue weighted by molar-refractivity contribution is -0.138. The van der Waals surface area contributed by atoms with E-state index in [4.69, 9.17) is 0 Å². The van der Waals surface area contributed by atoms with Gasteiger partial charge in [-0.25, -0.2) is 0 Å². The van der Waals surface area contributed by atoms with Crippen molar-refractivity contribution in [1.82, 2.24) is 4.90 Å². The van der Waals surface area contributed by atoms with Crippen LogP contribution < -0.4 is 0 Å². The van der Waals surface area contributed by atoms with Gasteiger partial charge < -0.3 is 4.90 Å². The van der Waals surface area contributed by atoms with Gasteiger partial charge in [0.15, 0.2) is 0 Å². The average Bonchev–Trinajstić information content (AvgIpc) is 2.08. The smallest absolute Gasteiger partial charge is 0.144 e. The zero-order valence-corrected chi connectivity index (χ0v) is 10.2. The van der Waals surface area contributed by atoms with Gasteiger partial charge in [-0.1, -0.05) is 27.7 Å². The Kier molecular flexibility index (Phi) is 3.05. The van der Waals surface area contributed by atoms with Crippen LogP contribution in [0.4, 0.5) is 0 Å². The summed E-state index contributed by atoms with van der Waals surface area (Å²) in [7, 11) is 2.13. The molecule has 0 spiro atoms. The van der Waals surface area contributed by atoms with Gasteiger partial charge >= 0.3 is 0 Å². The third-order valence-corrected chi connectivity index (χ3v) is 3.32. The van der Waals surface area contributed by atoms with Crippen molar-refractivity contribution >= 4 is 5.78 Å². The monoisotopic (exact) mass is 197 g/mol. The lowest BCUT2D eigenvalue weighted by atomic mass is 9.68. The number of likely N-dealkylation sites (tertiary alicyclic amines) is 1. The first-order valence-electron chi connectivity index (χ1n) is 5.49. The van der Waals surface area contributed by atoms with E-state index >= 15 is 0 Å². The molecule has 0 aromatic rings. The molecule has 0 radical (unpaired) electrons. The number of hydrogen-bond acceptors (Lipinski definition) is 2. The number of piperidine rings is 1. The van der Waals surface area contributed by atoms with Crippen LogP contribution in [-0.2, 0) is 4.79 Å². The van der Waals surface area contributed by atoms with Crippen molar-refractivity contribution < 1.29 is 4.79 Å². The second-order valence-electron chi connectivity index (χ2n) is 5.94. The summed E-state index contributed by atoms with van der Waals surface area (Å²) in [5, 5.41) is 0. The molecule has 0 aliphatic carbocycles. The minimum atomic E-state index is -0.190. The van der Waals surface area contributed by atoms with Crippen LogP contribution in [0.5, 0.6) is 0 Å². The molecule has 1 fully saturated rings. The highest BCUT2D eigenvalue weighted by atomic mass is 16.1.